The van der Waals surface area contributed by atoms with Crippen molar-refractivity contribution in [2.45, 2.75) is 12.8 Å². The smallest absolute Gasteiger partial charge is 0.280 e. The molecule has 1 fully saturated rings. The van der Waals surface area contributed by atoms with E-state index in [0.717, 1.165) is 12.8 Å². The van der Waals surface area contributed by atoms with E-state index in [0.29, 0.717) is 18.8 Å². The van der Waals surface area contributed by atoms with E-state index in [4.69, 9.17) is 9.47 Å². The Bertz CT molecular complexity index is 744. The minimum atomic E-state index is -0.580. The van der Waals surface area contributed by atoms with Crippen LogP contribution in [-0.4, -0.2) is 35.6 Å². The maximum atomic E-state index is 12.3. The van der Waals surface area contributed by atoms with Crippen LogP contribution in [0.3, 0.4) is 0 Å². The molecule has 0 aliphatic carbocycles. The summed E-state index contributed by atoms with van der Waals surface area (Å²) in [6.07, 6.45) is 3.03. The van der Waals surface area contributed by atoms with Crippen molar-refractivity contribution in [3.63, 3.8) is 0 Å². The monoisotopic (exact) mass is 315 g/mol. The normalized spacial score (nSPS) is 16.3. The lowest BCUT2D eigenvalue weighted by molar-refractivity contribution is -0.385. The first-order valence-corrected chi connectivity index (χ1v) is 7.09. The lowest BCUT2D eigenvalue weighted by atomic mass is 10.1. The maximum absolute atomic E-state index is 12.3. The number of nitro benzene ring substituents is 1. The molecule has 0 spiro atoms. The second-order valence-corrected chi connectivity index (χ2v) is 5.19. The van der Waals surface area contributed by atoms with Gasteiger partial charge in [-0.2, -0.15) is 5.26 Å². The molecule has 0 bridgehead atoms. The summed E-state index contributed by atoms with van der Waals surface area (Å²) in [7, 11) is 0. The number of nitro groups is 1. The molecule has 8 nitrogen and oxygen atoms in total. The van der Waals surface area contributed by atoms with Gasteiger partial charge in [-0.25, -0.2) is 0 Å². The van der Waals surface area contributed by atoms with Gasteiger partial charge in [0.25, 0.3) is 11.6 Å². The third-order valence-corrected chi connectivity index (χ3v) is 3.76. The van der Waals surface area contributed by atoms with E-state index in [2.05, 4.69) is 0 Å². The second kappa shape index (κ2) is 5.96. The van der Waals surface area contributed by atoms with Crippen LogP contribution in [-0.2, 0) is 4.79 Å². The van der Waals surface area contributed by atoms with Crippen molar-refractivity contribution in [1.29, 1.82) is 5.26 Å². The van der Waals surface area contributed by atoms with Crippen molar-refractivity contribution in [3.05, 3.63) is 33.4 Å². The van der Waals surface area contributed by atoms with E-state index in [9.17, 15) is 20.2 Å². The van der Waals surface area contributed by atoms with E-state index in [1.54, 1.807) is 4.90 Å². The molecule has 3 rings (SSSR count). The molecule has 0 unspecified atom stereocenters. The molecule has 0 radical (unpaired) electrons. The number of fused-ring (bicyclic) bond motifs is 1. The summed E-state index contributed by atoms with van der Waals surface area (Å²) < 4.78 is 10.3. The molecular formula is C15H13N3O5. The van der Waals surface area contributed by atoms with Gasteiger partial charge in [-0.05, 0) is 25.0 Å². The number of carbonyl (C=O) groups is 1. The molecule has 1 aromatic carbocycles. The highest BCUT2D eigenvalue weighted by Gasteiger charge is 2.25. The van der Waals surface area contributed by atoms with Gasteiger partial charge in [0.2, 0.25) is 6.79 Å². The minimum Gasteiger partial charge on any atom is -0.454 e. The Hall–Kier alpha value is -3.08. The quantitative estimate of drug-likeness (QED) is 0.365. The van der Waals surface area contributed by atoms with Crippen molar-refractivity contribution < 1.29 is 19.2 Å². The number of benzene rings is 1. The van der Waals surface area contributed by atoms with Gasteiger partial charge in [0.15, 0.2) is 11.5 Å². The van der Waals surface area contributed by atoms with Crippen molar-refractivity contribution in [2.75, 3.05) is 19.9 Å². The number of nitrogens with zero attached hydrogens (tertiary/aromatic N) is 3. The van der Waals surface area contributed by atoms with E-state index >= 15 is 0 Å². The predicted octanol–water partition coefficient (Wildman–Crippen LogP) is 1.85. The lowest BCUT2D eigenvalue weighted by Gasteiger charge is -2.14. The molecule has 1 saturated heterocycles. The number of amides is 1. The number of hydrogen-bond acceptors (Lipinski definition) is 6. The average Bonchev–Trinajstić information content (AvgIpc) is 3.21. The number of hydrogen-bond donors (Lipinski definition) is 0. The minimum absolute atomic E-state index is 0.0164. The van der Waals surface area contributed by atoms with Gasteiger partial charge < -0.3 is 14.4 Å². The van der Waals surface area contributed by atoms with Crippen LogP contribution < -0.4 is 9.47 Å². The van der Waals surface area contributed by atoms with E-state index in [-0.39, 0.29) is 29.4 Å². The third-order valence-electron chi connectivity index (χ3n) is 3.76. The van der Waals surface area contributed by atoms with Crippen LogP contribution >= 0.6 is 0 Å². The first-order valence-electron chi connectivity index (χ1n) is 7.09. The topological polar surface area (TPSA) is 106 Å². The molecule has 2 aliphatic rings. The van der Waals surface area contributed by atoms with Gasteiger partial charge in [0, 0.05) is 13.1 Å². The summed E-state index contributed by atoms with van der Waals surface area (Å²) in [5, 5.41) is 20.5. The molecule has 2 aliphatic heterocycles. The van der Waals surface area contributed by atoms with Crippen LogP contribution in [0, 0.1) is 21.4 Å². The Balaban J connectivity index is 2.00. The molecule has 1 amide bonds. The Morgan fingerprint density at radius 3 is 2.57 bits per heavy atom. The Morgan fingerprint density at radius 1 is 1.30 bits per heavy atom. The largest absolute Gasteiger partial charge is 0.454 e. The fourth-order valence-corrected chi connectivity index (χ4v) is 2.61. The molecule has 0 aromatic heterocycles. The summed E-state index contributed by atoms with van der Waals surface area (Å²) in [5.41, 5.74) is -0.228. The van der Waals surface area contributed by atoms with Crippen molar-refractivity contribution >= 4 is 17.7 Å². The number of likely N-dealkylation sites (tertiary alicyclic amines) is 1. The van der Waals surface area contributed by atoms with E-state index < -0.39 is 10.8 Å². The Kier molecular flexibility index (Phi) is 3.85. The Labute approximate surface area is 131 Å². The highest BCUT2D eigenvalue weighted by molar-refractivity contribution is 6.02. The highest BCUT2D eigenvalue weighted by Crippen LogP contribution is 2.38. The zero-order valence-electron chi connectivity index (χ0n) is 12.2. The molecule has 23 heavy (non-hydrogen) atoms. The lowest BCUT2D eigenvalue weighted by Crippen LogP contribution is -2.28. The standard InChI is InChI=1S/C15H13N3O5/c16-8-11(15(19)17-3-1-2-4-17)5-10-6-13-14(23-9-22-13)7-12(10)18(20)21/h5-7H,1-4,9H2/b11-5+. The number of rotatable bonds is 3. The van der Waals surface area contributed by atoms with Crippen LogP contribution in [0.25, 0.3) is 6.08 Å². The summed E-state index contributed by atoms with van der Waals surface area (Å²) in [6, 6.07) is 4.49. The summed E-state index contributed by atoms with van der Waals surface area (Å²) >= 11 is 0. The zero-order valence-corrected chi connectivity index (χ0v) is 12.2. The summed E-state index contributed by atoms with van der Waals surface area (Å²) in [5.74, 6) is 0.225. The van der Waals surface area contributed by atoms with Gasteiger partial charge in [-0.3, -0.25) is 14.9 Å². The fourth-order valence-electron chi connectivity index (χ4n) is 2.61. The molecule has 2 heterocycles. The average molecular weight is 315 g/mol. The molecular weight excluding hydrogens is 302 g/mol. The van der Waals surface area contributed by atoms with Crippen molar-refractivity contribution in [2.24, 2.45) is 0 Å². The Morgan fingerprint density at radius 2 is 1.96 bits per heavy atom. The fraction of sp³-hybridized carbons (Fsp3) is 0.333. The maximum Gasteiger partial charge on any atom is 0.280 e. The van der Waals surface area contributed by atoms with Gasteiger partial charge in [0.1, 0.15) is 11.6 Å². The van der Waals surface area contributed by atoms with Crippen molar-refractivity contribution in [1.82, 2.24) is 4.90 Å². The van der Waals surface area contributed by atoms with Crippen LogP contribution in [0.1, 0.15) is 18.4 Å². The number of nitriles is 1. The van der Waals surface area contributed by atoms with Crippen LogP contribution in [0.5, 0.6) is 11.5 Å². The van der Waals surface area contributed by atoms with Crippen molar-refractivity contribution in [3.8, 4) is 17.6 Å². The first-order chi connectivity index (χ1) is 11.1. The molecule has 1 aromatic rings. The third kappa shape index (κ3) is 2.81. The number of carbonyl (C=O) groups excluding carboxylic acids is 1. The van der Waals surface area contributed by atoms with Gasteiger partial charge in [0.05, 0.1) is 16.6 Å². The van der Waals surface area contributed by atoms with E-state index in [1.807, 2.05) is 6.07 Å². The van der Waals surface area contributed by atoms with Crippen LogP contribution in [0.2, 0.25) is 0 Å². The van der Waals surface area contributed by atoms with Gasteiger partial charge in [-0.1, -0.05) is 0 Å². The number of ether oxygens (including phenoxy) is 2. The molecule has 118 valence electrons. The van der Waals surface area contributed by atoms with Crippen LogP contribution in [0.4, 0.5) is 5.69 Å². The molecule has 0 atom stereocenters. The van der Waals surface area contributed by atoms with Crippen LogP contribution in [0.15, 0.2) is 17.7 Å². The van der Waals surface area contributed by atoms with Gasteiger partial charge in [-0.15, -0.1) is 0 Å². The van der Waals surface area contributed by atoms with E-state index in [1.165, 1.54) is 18.2 Å². The zero-order chi connectivity index (χ0) is 16.4. The SMILES string of the molecule is N#C/C(=C\c1cc2c(cc1[N+](=O)[O-])OCO2)C(=O)N1CCCC1. The van der Waals surface area contributed by atoms with Gasteiger partial charge >= 0.3 is 0 Å². The first kappa shape index (κ1) is 14.8. The summed E-state index contributed by atoms with van der Waals surface area (Å²) in [4.78, 5) is 24.5. The highest BCUT2D eigenvalue weighted by atomic mass is 16.7. The summed E-state index contributed by atoms with van der Waals surface area (Å²) in [6.45, 7) is 1.18. The second-order valence-electron chi connectivity index (χ2n) is 5.19. The molecule has 8 heteroatoms. The predicted molar refractivity (Wildman–Crippen MR) is 78.6 cm³/mol. The molecule has 0 saturated carbocycles. The molecule has 0 N–H and O–H groups in total.